The zero-order valence-electron chi connectivity index (χ0n) is 18.3. The molecular weight excluding hydrogens is 376 g/mol. The highest BCUT2D eigenvalue weighted by Crippen LogP contribution is 2.36. The molecule has 2 heterocycles. The molecule has 30 heavy (non-hydrogen) atoms. The number of hydrogen-bond acceptors (Lipinski definition) is 6. The summed E-state index contributed by atoms with van der Waals surface area (Å²) in [5.41, 5.74) is 2.18. The molecule has 0 spiro atoms. The third-order valence-electron chi connectivity index (χ3n) is 5.52. The Hall–Kier alpha value is -3.02. The maximum atomic E-state index is 5.55. The molecule has 0 bridgehead atoms. The number of methoxy groups -OCH3 is 2. The van der Waals surface area contributed by atoms with E-state index in [1.807, 2.05) is 12.1 Å². The smallest absolute Gasteiger partial charge is 0.162 e. The molecule has 0 aliphatic carbocycles. The number of fused-ring (bicyclic) bond motifs is 1. The molecule has 6 heteroatoms. The van der Waals surface area contributed by atoms with Crippen LogP contribution in [0.4, 0.5) is 11.5 Å². The van der Waals surface area contributed by atoms with E-state index in [0.29, 0.717) is 17.4 Å². The monoisotopic (exact) mass is 406 g/mol. The molecular formula is C24H30N4O2. The van der Waals surface area contributed by atoms with E-state index >= 15 is 0 Å². The summed E-state index contributed by atoms with van der Waals surface area (Å²) < 4.78 is 11.1. The number of rotatable bonds is 6. The van der Waals surface area contributed by atoms with E-state index in [4.69, 9.17) is 19.4 Å². The summed E-state index contributed by atoms with van der Waals surface area (Å²) in [5.74, 6) is 3.76. The van der Waals surface area contributed by atoms with Gasteiger partial charge in [0.2, 0.25) is 0 Å². The molecule has 2 aromatic carbocycles. The minimum absolute atomic E-state index is 0.491. The number of aromatic nitrogens is 2. The minimum atomic E-state index is 0.491. The lowest BCUT2D eigenvalue weighted by molar-refractivity contribution is 0.355. The predicted octanol–water partition coefficient (Wildman–Crippen LogP) is 4.17. The Labute approximate surface area is 178 Å². The molecule has 1 aliphatic rings. The second kappa shape index (κ2) is 8.78. The second-order valence-corrected chi connectivity index (χ2v) is 8.10. The molecule has 158 valence electrons. The van der Waals surface area contributed by atoms with E-state index in [0.717, 1.165) is 55.1 Å². The maximum Gasteiger partial charge on any atom is 0.162 e. The molecule has 0 unspecified atom stereocenters. The molecule has 3 aromatic rings. The molecule has 1 aliphatic heterocycles. The third kappa shape index (κ3) is 4.13. The van der Waals surface area contributed by atoms with Crippen molar-refractivity contribution in [1.29, 1.82) is 0 Å². The highest BCUT2D eigenvalue weighted by Gasteiger charge is 2.22. The predicted molar refractivity (Wildman–Crippen MR) is 122 cm³/mol. The van der Waals surface area contributed by atoms with Gasteiger partial charge < -0.3 is 19.3 Å². The fourth-order valence-electron chi connectivity index (χ4n) is 4.00. The summed E-state index contributed by atoms with van der Waals surface area (Å²) in [7, 11) is 3.32. The molecule has 4 rings (SSSR count). The van der Waals surface area contributed by atoms with Gasteiger partial charge in [0, 0.05) is 49.7 Å². The van der Waals surface area contributed by atoms with E-state index in [9.17, 15) is 0 Å². The van der Waals surface area contributed by atoms with Gasteiger partial charge in [-0.1, -0.05) is 32.0 Å². The summed E-state index contributed by atoms with van der Waals surface area (Å²) in [6.07, 6.45) is 0.848. The average molecular weight is 407 g/mol. The molecule has 1 saturated heterocycles. The highest BCUT2D eigenvalue weighted by molar-refractivity contribution is 5.92. The van der Waals surface area contributed by atoms with Gasteiger partial charge in [0.05, 0.1) is 19.7 Å². The Balaban J connectivity index is 1.69. The molecule has 0 saturated carbocycles. The van der Waals surface area contributed by atoms with Gasteiger partial charge in [-0.15, -0.1) is 0 Å². The number of ether oxygens (including phenoxy) is 2. The quantitative estimate of drug-likeness (QED) is 0.612. The van der Waals surface area contributed by atoms with Gasteiger partial charge in [-0.3, -0.25) is 0 Å². The first-order valence-corrected chi connectivity index (χ1v) is 10.6. The summed E-state index contributed by atoms with van der Waals surface area (Å²) in [5, 5.41) is 1.01. The summed E-state index contributed by atoms with van der Waals surface area (Å²) in [6.45, 7) is 8.14. The van der Waals surface area contributed by atoms with Crippen molar-refractivity contribution in [3.8, 4) is 11.5 Å². The van der Waals surface area contributed by atoms with Crippen LogP contribution < -0.4 is 19.3 Å². The number of benzene rings is 2. The molecule has 1 fully saturated rings. The number of anilines is 2. The van der Waals surface area contributed by atoms with Gasteiger partial charge in [0.25, 0.3) is 0 Å². The topological polar surface area (TPSA) is 50.7 Å². The van der Waals surface area contributed by atoms with Crippen LogP contribution in [-0.4, -0.2) is 50.4 Å². The van der Waals surface area contributed by atoms with E-state index in [2.05, 4.69) is 54.0 Å². The summed E-state index contributed by atoms with van der Waals surface area (Å²) in [4.78, 5) is 14.6. The van der Waals surface area contributed by atoms with Crippen LogP contribution in [-0.2, 0) is 6.42 Å². The molecule has 0 N–H and O–H groups in total. The standard InChI is InChI=1S/C24H30N4O2/c1-17(2)14-23-25-20-16-22(30-4)21(29-3)15-19(20)24(26-23)28-12-10-27(11-13-28)18-8-6-5-7-9-18/h5-9,15-17H,10-14H2,1-4H3. The molecule has 0 amide bonds. The Bertz CT molecular complexity index is 999. The zero-order valence-corrected chi connectivity index (χ0v) is 18.3. The van der Waals surface area contributed by atoms with Crippen LogP contribution in [0.3, 0.4) is 0 Å². The van der Waals surface area contributed by atoms with Crippen molar-refractivity contribution in [3.05, 3.63) is 48.3 Å². The van der Waals surface area contributed by atoms with Crippen molar-refractivity contribution >= 4 is 22.4 Å². The van der Waals surface area contributed by atoms with Crippen molar-refractivity contribution < 1.29 is 9.47 Å². The summed E-state index contributed by atoms with van der Waals surface area (Å²) in [6, 6.07) is 14.6. The van der Waals surface area contributed by atoms with E-state index in [1.54, 1.807) is 14.2 Å². The van der Waals surface area contributed by atoms with E-state index < -0.39 is 0 Å². The first-order valence-electron chi connectivity index (χ1n) is 10.6. The van der Waals surface area contributed by atoms with Crippen molar-refractivity contribution in [2.45, 2.75) is 20.3 Å². The first kappa shape index (κ1) is 20.3. The van der Waals surface area contributed by atoms with E-state index in [1.165, 1.54) is 5.69 Å². The van der Waals surface area contributed by atoms with Crippen LogP contribution in [0.5, 0.6) is 11.5 Å². The number of nitrogens with zero attached hydrogens (tertiary/aromatic N) is 4. The average Bonchev–Trinajstić information content (AvgIpc) is 2.78. The Kier molecular flexibility index (Phi) is 5.93. The van der Waals surface area contributed by atoms with Crippen molar-refractivity contribution in [3.63, 3.8) is 0 Å². The van der Waals surface area contributed by atoms with Gasteiger partial charge >= 0.3 is 0 Å². The SMILES string of the molecule is COc1cc2nc(CC(C)C)nc(N3CCN(c4ccccc4)CC3)c2cc1OC. The van der Waals surface area contributed by atoms with Crippen molar-refractivity contribution in [1.82, 2.24) is 9.97 Å². The van der Waals surface area contributed by atoms with Crippen molar-refractivity contribution in [2.24, 2.45) is 5.92 Å². The van der Waals surface area contributed by atoms with Crippen LogP contribution >= 0.6 is 0 Å². The molecule has 0 atom stereocenters. The minimum Gasteiger partial charge on any atom is -0.493 e. The van der Waals surface area contributed by atoms with E-state index in [-0.39, 0.29) is 0 Å². The second-order valence-electron chi connectivity index (χ2n) is 8.10. The largest absolute Gasteiger partial charge is 0.493 e. The number of para-hydroxylation sites is 1. The number of hydrogen-bond donors (Lipinski definition) is 0. The Morgan fingerprint density at radius 2 is 1.50 bits per heavy atom. The van der Waals surface area contributed by atoms with Gasteiger partial charge in [-0.2, -0.15) is 0 Å². The Morgan fingerprint density at radius 1 is 0.867 bits per heavy atom. The normalized spacial score (nSPS) is 14.4. The fraction of sp³-hybridized carbons (Fsp3) is 0.417. The van der Waals surface area contributed by atoms with Gasteiger partial charge in [-0.25, -0.2) is 9.97 Å². The molecule has 1 aromatic heterocycles. The Morgan fingerprint density at radius 3 is 2.13 bits per heavy atom. The lowest BCUT2D eigenvalue weighted by atomic mass is 10.1. The van der Waals surface area contributed by atoms with Crippen LogP contribution in [0.25, 0.3) is 10.9 Å². The number of piperazine rings is 1. The summed E-state index contributed by atoms with van der Waals surface area (Å²) >= 11 is 0. The van der Waals surface area contributed by atoms with Crippen LogP contribution in [0.15, 0.2) is 42.5 Å². The third-order valence-corrected chi connectivity index (χ3v) is 5.52. The van der Waals surface area contributed by atoms with Crippen molar-refractivity contribution in [2.75, 3.05) is 50.2 Å². The fourth-order valence-corrected chi connectivity index (χ4v) is 4.00. The maximum absolute atomic E-state index is 5.55. The molecule has 6 nitrogen and oxygen atoms in total. The van der Waals surface area contributed by atoms with Gasteiger partial charge in [0.1, 0.15) is 11.6 Å². The lowest BCUT2D eigenvalue weighted by Gasteiger charge is -2.37. The van der Waals surface area contributed by atoms with Crippen LogP contribution in [0, 0.1) is 5.92 Å². The van der Waals surface area contributed by atoms with Crippen LogP contribution in [0.2, 0.25) is 0 Å². The van der Waals surface area contributed by atoms with Crippen LogP contribution in [0.1, 0.15) is 19.7 Å². The first-order chi connectivity index (χ1) is 14.6. The lowest BCUT2D eigenvalue weighted by Crippen LogP contribution is -2.47. The molecule has 0 radical (unpaired) electrons. The zero-order chi connectivity index (χ0) is 21.1. The van der Waals surface area contributed by atoms with Gasteiger partial charge in [0.15, 0.2) is 11.5 Å². The highest BCUT2D eigenvalue weighted by atomic mass is 16.5. The van der Waals surface area contributed by atoms with Gasteiger partial charge in [-0.05, 0) is 24.1 Å².